The van der Waals surface area contributed by atoms with Crippen LogP contribution >= 0.6 is 0 Å². The van der Waals surface area contributed by atoms with Crippen molar-refractivity contribution in [3.63, 3.8) is 0 Å². The number of aliphatic hydroxyl groups excluding tert-OH is 1. The maximum atomic E-state index is 10.5. The van der Waals surface area contributed by atoms with Crippen molar-refractivity contribution in [2.75, 3.05) is 6.61 Å². The summed E-state index contributed by atoms with van der Waals surface area (Å²) in [5, 5.41) is 10.8. The number of unbranched alkanes of at least 4 members (excludes halogenated alkanes) is 4. The molecule has 0 amide bonds. The average molecular weight is 413 g/mol. The minimum absolute atomic E-state index is 0.115. The van der Waals surface area contributed by atoms with Crippen LogP contribution in [-0.4, -0.2) is 34.2 Å². The summed E-state index contributed by atoms with van der Waals surface area (Å²) in [6, 6.07) is 0. The monoisotopic (exact) mass is 412 g/mol. The molecule has 1 N–H and O–H groups in total. The normalized spacial score (nSPS) is 15.2. The van der Waals surface area contributed by atoms with Crippen molar-refractivity contribution in [3.05, 3.63) is 0 Å². The SMILES string of the molecule is CC[C@@H]([C@@H](O)CCCCC#CCCCCO[Si](C)(C)C(C)(C)C)[Si](C)(C)C. The molecule has 0 rings (SSSR count). The van der Waals surface area contributed by atoms with Gasteiger partial charge < -0.3 is 9.53 Å². The minimum atomic E-state index is -1.58. The Morgan fingerprint density at radius 1 is 0.889 bits per heavy atom. The molecule has 0 aromatic carbocycles. The van der Waals surface area contributed by atoms with E-state index in [1.807, 2.05) is 0 Å². The standard InChI is InChI=1S/C23H48O2Si2/c1-10-22(26(5,6)7)21(24)19-17-15-13-11-12-14-16-18-20-25-27(8,9)23(2,3)4/h21-22,24H,10,13-20H2,1-9H3/t21-,22-/m0/s1. The Morgan fingerprint density at radius 2 is 1.41 bits per heavy atom. The molecule has 160 valence electrons. The minimum Gasteiger partial charge on any atom is -0.417 e. The van der Waals surface area contributed by atoms with Crippen molar-refractivity contribution in [2.45, 2.75) is 128 Å². The van der Waals surface area contributed by atoms with Gasteiger partial charge in [-0.3, -0.25) is 0 Å². The molecule has 0 radical (unpaired) electrons. The second-order valence-corrected chi connectivity index (χ2v) is 20.9. The molecule has 0 aliphatic heterocycles. The van der Waals surface area contributed by atoms with E-state index in [2.05, 4.69) is 72.3 Å². The van der Waals surface area contributed by atoms with Gasteiger partial charge in [0.05, 0.1) is 14.2 Å². The molecule has 0 unspecified atom stereocenters. The molecular formula is C23H48O2Si2. The second kappa shape index (κ2) is 12.5. The summed E-state index contributed by atoms with van der Waals surface area (Å²) in [6.07, 6.45) is 8.34. The third-order valence-corrected chi connectivity index (χ3v) is 13.7. The Hall–Kier alpha value is -0.0862. The lowest BCUT2D eigenvalue weighted by Crippen LogP contribution is -2.40. The molecule has 0 aromatic rings. The highest BCUT2D eigenvalue weighted by Crippen LogP contribution is 2.36. The van der Waals surface area contributed by atoms with Gasteiger partial charge in [0.15, 0.2) is 8.32 Å². The van der Waals surface area contributed by atoms with Gasteiger partial charge in [-0.1, -0.05) is 53.8 Å². The van der Waals surface area contributed by atoms with E-state index in [1.54, 1.807) is 0 Å². The van der Waals surface area contributed by atoms with Crippen LogP contribution in [0.3, 0.4) is 0 Å². The highest BCUT2D eigenvalue weighted by atomic mass is 28.4. The Kier molecular flexibility index (Phi) is 12.4. The smallest absolute Gasteiger partial charge is 0.191 e. The van der Waals surface area contributed by atoms with E-state index in [1.165, 1.54) is 0 Å². The van der Waals surface area contributed by atoms with Gasteiger partial charge in [-0.15, -0.1) is 11.8 Å². The van der Waals surface area contributed by atoms with Crippen LogP contribution in [0.2, 0.25) is 43.3 Å². The van der Waals surface area contributed by atoms with Gasteiger partial charge >= 0.3 is 0 Å². The van der Waals surface area contributed by atoms with Gasteiger partial charge in [-0.25, -0.2) is 0 Å². The van der Waals surface area contributed by atoms with Crippen molar-refractivity contribution in [2.24, 2.45) is 0 Å². The molecule has 0 heterocycles. The predicted molar refractivity (Wildman–Crippen MR) is 127 cm³/mol. The Bertz CT molecular complexity index is 450. The van der Waals surface area contributed by atoms with Crippen molar-refractivity contribution >= 4 is 16.4 Å². The summed E-state index contributed by atoms with van der Waals surface area (Å²) < 4.78 is 6.20. The van der Waals surface area contributed by atoms with E-state index in [-0.39, 0.29) is 6.10 Å². The van der Waals surface area contributed by atoms with Crippen LogP contribution in [-0.2, 0) is 4.43 Å². The first kappa shape index (κ1) is 26.9. The van der Waals surface area contributed by atoms with Crippen LogP contribution in [0.25, 0.3) is 0 Å². The fraction of sp³-hybridized carbons (Fsp3) is 0.913. The van der Waals surface area contributed by atoms with Crippen molar-refractivity contribution < 1.29 is 9.53 Å². The molecule has 2 atom stereocenters. The summed E-state index contributed by atoms with van der Waals surface area (Å²) in [7, 11) is -2.84. The Labute approximate surface area is 173 Å². The summed E-state index contributed by atoms with van der Waals surface area (Å²) in [5.74, 6) is 6.62. The summed E-state index contributed by atoms with van der Waals surface area (Å²) in [4.78, 5) is 0. The van der Waals surface area contributed by atoms with Crippen LogP contribution in [0.4, 0.5) is 0 Å². The first-order valence-electron chi connectivity index (χ1n) is 11.1. The van der Waals surface area contributed by atoms with Gasteiger partial charge in [0.2, 0.25) is 0 Å². The first-order chi connectivity index (χ1) is 12.3. The van der Waals surface area contributed by atoms with Crippen LogP contribution in [0, 0.1) is 11.8 Å². The molecule has 0 saturated heterocycles. The fourth-order valence-corrected chi connectivity index (χ4v) is 6.90. The van der Waals surface area contributed by atoms with Crippen LogP contribution in [0.1, 0.15) is 79.1 Å². The van der Waals surface area contributed by atoms with Gasteiger partial charge in [0, 0.05) is 19.4 Å². The number of hydrogen-bond acceptors (Lipinski definition) is 2. The van der Waals surface area contributed by atoms with Gasteiger partial charge in [-0.2, -0.15) is 0 Å². The lowest BCUT2D eigenvalue weighted by Gasteiger charge is -2.36. The van der Waals surface area contributed by atoms with E-state index in [4.69, 9.17) is 4.43 Å². The van der Waals surface area contributed by atoms with Crippen molar-refractivity contribution in [1.29, 1.82) is 0 Å². The van der Waals surface area contributed by atoms with Crippen molar-refractivity contribution in [1.82, 2.24) is 0 Å². The summed E-state index contributed by atoms with van der Waals surface area (Å²) in [5.41, 5.74) is 0.525. The molecule has 2 nitrogen and oxygen atoms in total. The molecule has 0 spiro atoms. The number of hydrogen-bond donors (Lipinski definition) is 1. The molecule has 0 aromatic heterocycles. The quantitative estimate of drug-likeness (QED) is 0.208. The zero-order valence-electron chi connectivity index (χ0n) is 19.9. The van der Waals surface area contributed by atoms with E-state index in [9.17, 15) is 5.11 Å². The number of aliphatic hydroxyl groups is 1. The van der Waals surface area contributed by atoms with Crippen molar-refractivity contribution in [3.8, 4) is 11.8 Å². The largest absolute Gasteiger partial charge is 0.417 e. The van der Waals surface area contributed by atoms with Gasteiger partial charge in [-0.05, 0) is 55.8 Å². The highest BCUT2D eigenvalue weighted by Gasteiger charge is 2.36. The molecule has 0 bridgehead atoms. The van der Waals surface area contributed by atoms with Gasteiger partial charge in [0.1, 0.15) is 0 Å². The maximum absolute atomic E-state index is 10.5. The fourth-order valence-electron chi connectivity index (χ4n) is 3.27. The molecule has 0 fully saturated rings. The van der Waals surface area contributed by atoms with Gasteiger partial charge in [0.25, 0.3) is 0 Å². The zero-order chi connectivity index (χ0) is 21.1. The maximum Gasteiger partial charge on any atom is 0.191 e. The lowest BCUT2D eigenvalue weighted by molar-refractivity contribution is 0.148. The highest BCUT2D eigenvalue weighted by molar-refractivity contribution is 6.77. The molecule has 0 aliphatic carbocycles. The topological polar surface area (TPSA) is 29.5 Å². The van der Waals surface area contributed by atoms with E-state index >= 15 is 0 Å². The van der Waals surface area contributed by atoms with E-state index in [0.717, 1.165) is 58.0 Å². The predicted octanol–water partition coefficient (Wildman–Crippen LogP) is 7.22. The Morgan fingerprint density at radius 3 is 1.85 bits per heavy atom. The summed E-state index contributed by atoms with van der Waals surface area (Å²) >= 11 is 0. The van der Waals surface area contributed by atoms with Crippen LogP contribution in [0.15, 0.2) is 0 Å². The zero-order valence-corrected chi connectivity index (χ0v) is 21.9. The third-order valence-electron chi connectivity index (χ3n) is 6.16. The number of rotatable bonds is 12. The van der Waals surface area contributed by atoms with Crippen LogP contribution in [0.5, 0.6) is 0 Å². The summed E-state index contributed by atoms with van der Waals surface area (Å²) in [6.45, 7) is 21.7. The molecule has 0 aliphatic rings. The Balaban J connectivity index is 3.80. The molecule has 27 heavy (non-hydrogen) atoms. The third kappa shape index (κ3) is 11.5. The second-order valence-electron chi connectivity index (χ2n) is 10.6. The van der Waals surface area contributed by atoms with E-state index < -0.39 is 16.4 Å². The lowest BCUT2D eigenvalue weighted by atomic mass is 10.1. The molecular weight excluding hydrogens is 364 g/mol. The van der Waals surface area contributed by atoms with Crippen LogP contribution < -0.4 is 0 Å². The molecule has 0 saturated carbocycles. The first-order valence-corrected chi connectivity index (χ1v) is 17.6. The van der Waals surface area contributed by atoms with E-state index in [0.29, 0.717) is 10.6 Å². The molecule has 4 heteroatoms. The average Bonchev–Trinajstić information content (AvgIpc) is 2.50.